The number of carbonyl (C=O) groups is 6. The maximum atomic E-state index is 14.5. The van der Waals surface area contributed by atoms with Gasteiger partial charge < -0.3 is 42.6 Å². The van der Waals surface area contributed by atoms with Gasteiger partial charge in [-0.15, -0.1) is 0 Å². The van der Waals surface area contributed by atoms with E-state index in [4.69, 9.17) is 42.6 Å². The molecule has 392 valence electrons. The van der Waals surface area contributed by atoms with Crippen molar-refractivity contribution in [2.75, 3.05) is 6.61 Å². The number of hydrogen-bond donors (Lipinski definition) is 0. The normalized spacial score (nSPS) is 22.8. The highest BCUT2D eigenvalue weighted by atomic mass is 32.2. The standard InChI is InChI=1S/C61H52O15S/c1-38-33-35-46(36-34-38)77-61-53(75-59(67)45-31-19-8-20-32-45)51(73-57(65)43-27-15-6-16-28-43)49(47(70-61)37-68-54(62)40-21-9-3-10-22-40)76-60-52(74-58(66)44-29-17-7-18-30-44)50(72-56(64)42-25-13-5-14-26-42)48(39(2)69-60)71-55(63)41-23-11-4-12-24-41/h3-36,39,47-53,60-61H,37H2,1-2H3/t39-,47+,48-,49+,50+,51-,52+,53+,60-,61-/m0/s1. The Morgan fingerprint density at radius 1 is 0.390 bits per heavy atom. The van der Waals surface area contributed by atoms with Crippen molar-refractivity contribution < 1.29 is 71.4 Å². The van der Waals surface area contributed by atoms with Crippen LogP contribution >= 0.6 is 11.8 Å². The summed E-state index contributed by atoms with van der Waals surface area (Å²) >= 11 is 1.15. The van der Waals surface area contributed by atoms with E-state index in [2.05, 4.69) is 0 Å². The van der Waals surface area contributed by atoms with Crippen LogP contribution < -0.4 is 0 Å². The molecule has 0 aliphatic carbocycles. The summed E-state index contributed by atoms with van der Waals surface area (Å²) in [5.41, 5.74) is 0.618. The average Bonchev–Trinajstić information content (AvgIpc) is 3.48. The minimum Gasteiger partial charge on any atom is -0.459 e. The van der Waals surface area contributed by atoms with Crippen LogP contribution in [0.15, 0.2) is 211 Å². The summed E-state index contributed by atoms with van der Waals surface area (Å²) in [5, 5.41) is 0. The number of benzene rings is 7. The van der Waals surface area contributed by atoms with E-state index in [0.717, 1.165) is 17.3 Å². The van der Waals surface area contributed by atoms with Crippen LogP contribution in [-0.2, 0) is 42.6 Å². The minimum atomic E-state index is -1.80. The summed E-state index contributed by atoms with van der Waals surface area (Å²) < 4.78 is 58.1. The van der Waals surface area contributed by atoms with E-state index in [0.29, 0.717) is 4.90 Å². The van der Waals surface area contributed by atoms with Crippen LogP contribution in [-0.4, -0.2) is 103 Å². The molecule has 0 bridgehead atoms. The van der Waals surface area contributed by atoms with Crippen LogP contribution in [0.4, 0.5) is 0 Å². The van der Waals surface area contributed by atoms with Gasteiger partial charge >= 0.3 is 35.8 Å². The SMILES string of the molecule is Cc1ccc(S[C@@H]2O[C@H](COC(=O)c3ccccc3)[C@@H](O[C@@H]3O[C@@H](C)[C@H](OC(=O)c4ccccc4)[C@@H](OC(=O)c4ccccc4)[C@H]3OC(=O)c3ccccc3)[C@H](OC(=O)c3ccccc3)[C@H]2OC(=O)c2ccccc2)cc1. The van der Waals surface area contributed by atoms with E-state index in [9.17, 15) is 28.8 Å². The highest BCUT2D eigenvalue weighted by Gasteiger charge is 2.57. The molecule has 0 spiro atoms. The second-order valence-corrected chi connectivity index (χ2v) is 19.1. The zero-order valence-corrected chi connectivity index (χ0v) is 42.5. The molecule has 0 aromatic heterocycles. The largest absolute Gasteiger partial charge is 0.459 e. The fourth-order valence-corrected chi connectivity index (χ4v) is 9.69. The van der Waals surface area contributed by atoms with Crippen LogP contribution in [0.5, 0.6) is 0 Å². The summed E-state index contributed by atoms with van der Waals surface area (Å²) in [5.74, 6) is -5.02. The molecule has 2 heterocycles. The molecule has 0 unspecified atom stereocenters. The van der Waals surface area contributed by atoms with Crippen molar-refractivity contribution in [3.05, 3.63) is 245 Å². The molecule has 2 saturated heterocycles. The molecule has 2 aliphatic rings. The molecule has 10 atom stereocenters. The van der Waals surface area contributed by atoms with Crippen molar-refractivity contribution in [3.8, 4) is 0 Å². The third kappa shape index (κ3) is 13.5. The summed E-state index contributed by atoms with van der Waals surface area (Å²) in [4.78, 5) is 85.9. The Hall–Kier alpha value is -8.41. The van der Waals surface area contributed by atoms with Gasteiger partial charge in [0.2, 0.25) is 0 Å². The van der Waals surface area contributed by atoms with Gasteiger partial charge in [0.15, 0.2) is 36.8 Å². The van der Waals surface area contributed by atoms with Crippen LogP contribution in [0, 0.1) is 6.92 Å². The van der Waals surface area contributed by atoms with Crippen molar-refractivity contribution in [2.45, 2.75) is 79.3 Å². The van der Waals surface area contributed by atoms with Gasteiger partial charge in [-0.2, -0.15) is 0 Å². The van der Waals surface area contributed by atoms with Gasteiger partial charge in [-0.05, 0) is 98.8 Å². The van der Waals surface area contributed by atoms with Gasteiger partial charge in [-0.3, -0.25) is 0 Å². The van der Waals surface area contributed by atoms with Gasteiger partial charge in [0, 0.05) is 4.90 Å². The lowest BCUT2D eigenvalue weighted by Crippen LogP contribution is -2.66. The zero-order valence-electron chi connectivity index (χ0n) is 41.6. The number of ether oxygens (including phenoxy) is 9. The first-order valence-corrected chi connectivity index (χ1v) is 25.6. The quantitative estimate of drug-likeness (QED) is 0.0619. The predicted molar refractivity (Wildman–Crippen MR) is 280 cm³/mol. The van der Waals surface area contributed by atoms with Gasteiger partial charge in [0.25, 0.3) is 0 Å². The summed E-state index contributed by atoms with van der Waals surface area (Å²) in [6, 6.07) is 56.0. The Morgan fingerprint density at radius 2 is 0.727 bits per heavy atom. The first-order chi connectivity index (χ1) is 37.5. The number of esters is 6. The van der Waals surface area contributed by atoms with Crippen molar-refractivity contribution in [3.63, 3.8) is 0 Å². The van der Waals surface area contributed by atoms with Crippen LogP contribution in [0.1, 0.15) is 74.6 Å². The number of aryl methyl sites for hydroxylation is 1. The fraction of sp³-hybridized carbons (Fsp3) is 0.213. The lowest BCUT2D eigenvalue weighted by molar-refractivity contribution is -0.330. The topological polar surface area (TPSA) is 185 Å². The summed E-state index contributed by atoms with van der Waals surface area (Å²) in [7, 11) is 0. The summed E-state index contributed by atoms with van der Waals surface area (Å²) in [6.07, 6.45) is -14.1. The van der Waals surface area contributed by atoms with Gasteiger partial charge in [-0.1, -0.05) is 139 Å². The number of thioether (sulfide) groups is 1. The van der Waals surface area contributed by atoms with Crippen LogP contribution in [0.2, 0.25) is 0 Å². The van der Waals surface area contributed by atoms with Crippen LogP contribution in [0.3, 0.4) is 0 Å². The first-order valence-electron chi connectivity index (χ1n) is 24.7. The Labute approximate surface area is 448 Å². The highest BCUT2D eigenvalue weighted by molar-refractivity contribution is 7.99. The van der Waals surface area contributed by atoms with Gasteiger partial charge in [-0.25, -0.2) is 28.8 Å². The van der Waals surface area contributed by atoms with Gasteiger partial charge in [0.05, 0.1) is 39.5 Å². The van der Waals surface area contributed by atoms with E-state index < -0.39 is 103 Å². The molecule has 0 N–H and O–H groups in total. The van der Waals surface area contributed by atoms with Crippen molar-refractivity contribution >= 4 is 47.6 Å². The lowest BCUT2D eigenvalue weighted by Gasteiger charge is -2.48. The highest BCUT2D eigenvalue weighted by Crippen LogP contribution is 2.41. The molecule has 7 aromatic carbocycles. The van der Waals surface area contributed by atoms with Crippen molar-refractivity contribution in [2.24, 2.45) is 0 Å². The molecular formula is C61H52O15S. The maximum absolute atomic E-state index is 14.5. The monoisotopic (exact) mass is 1060 g/mol. The molecule has 7 aromatic rings. The fourth-order valence-electron chi connectivity index (χ4n) is 8.59. The van der Waals surface area contributed by atoms with Crippen LogP contribution in [0.25, 0.3) is 0 Å². The maximum Gasteiger partial charge on any atom is 0.338 e. The Bertz CT molecular complexity index is 3100. The lowest BCUT2D eigenvalue weighted by atomic mass is 9.96. The van der Waals surface area contributed by atoms with Gasteiger partial charge in [0.1, 0.15) is 24.3 Å². The minimum absolute atomic E-state index is 0.0843. The second kappa shape index (κ2) is 25.4. The van der Waals surface area contributed by atoms with Crippen molar-refractivity contribution in [1.29, 1.82) is 0 Å². The molecule has 9 rings (SSSR count). The van der Waals surface area contributed by atoms with Crippen molar-refractivity contribution in [1.82, 2.24) is 0 Å². The molecular weight excluding hydrogens is 1000 g/mol. The molecule has 0 radical (unpaired) electrons. The average molecular weight is 1060 g/mol. The van der Waals surface area contributed by atoms with E-state index in [1.165, 1.54) is 48.5 Å². The Morgan fingerprint density at radius 3 is 1.13 bits per heavy atom. The first kappa shape index (κ1) is 53.4. The Balaban J connectivity index is 1.18. The molecule has 77 heavy (non-hydrogen) atoms. The van der Waals surface area contributed by atoms with E-state index in [-0.39, 0.29) is 33.4 Å². The third-order valence-electron chi connectivity index (χ3n) is 12.5. The van der Waals surface area contributed by atoms with E-state index in [1.807, 2.05) is 31.2 Å². The Kier molecular flexibility index (Phi) is 17.6. The number of rotatable bonds is 17. The number of carbonyl (C=O) groups excluding carboxylic acids is 6. The van der Waals surface area contributed by atoms with E-state index >= 15 is 0 Å². The smallest absolute Gasteiger partial charge is 0.338 e. The zero-order chi connectivity index (χ0) is 53.7. The van der Waals surface area contributed by atoms with E-state index in [1.54, 1.807) is 140 Å². The molecule has 0 amide bonds. The molecule has 2 aliphatic heterocycles. The third-order valence-corrected chi connectivity index (χ3v) is 13.7. The predicted octanol–water partition coefficient (Wildman–Crippen LogP) is 9.93. The number of hydrogen-bond acceptors (Lipinski definition) is 16. The molecule has 15 nitrogen and oxygen atoms in total. The second-order valence-electron chi connectivity index (χ2n) is 17.9. The molecule has 0 saturated carbocycles. The summed E-state index contributed by atoms with van der Waals surface area (Å²) in [6.45, 7) is 2.91. The molecule has 16 heteroatoms. The molecule has 2 fully saturated rings.